The van der Waals surface area contributed by atoms with Crippen LogP contribution in [0.1, 0.15) is 30.8 Å². The van der Waals surface area contributed by atoms with Crippen molar-refractivity contribution in [3.8, 4) is 17.2 Å². The van der Waals surface area contributed by atoms with Crippen molar-refractivity contribution in [2.45, 2.75) is 26.8 Å². The monoisotopic (exact) mass is 330 g/mol. The van der Waals surface area contributed by atoms with E-state index in [0.717, 1.165) is 23.2 Å². The number of nitrogens with two attached hydrogens (primary N) is 1. The van der Waals surface area contributed by atoms with Crippen LogP contribution in [0.2, 0.25) is 0 Å². The summed E-state index contributed by atoms with van der Waals surface area (Å²) >= 11 is 0. The smallest absolute Gasteiger partial charge is 0.170 e. The Kier molecular flexibility index (Phi) is 4.85. The van der Waals surface area contributed by atoms with Gasteiger partial charge in [0.25, 0.3) is 0 Å². The molecule has 0 spiro atoms. The maximum absolute atomic E-state index is 9.62. The minimum absolute atomic E-state index is 0.463. The molecule has 0 saturated carbocycles. The molecule has 0 fully saturated rings. The molecule has 1 aromatic heterocycles. The van der Waals surface area contributed by atoms with Crippen LogP contribution in [0, 0.1) is 17.2 Å². The number of benzene rings is 2. The van der Waals surface area contributed by atoms with Crippen molar-refractivity contribution >= 4 is 5.69 Å². The summed E-state index contributed by atoms with van der Waals surface area (Å²) in [5.41, 5.74) is 11.2. The van der Waals surface area contributed by atoms with Crippen molar-refractivity contribution in [2.24, 2.45) is 5.92 Å². The molecule has 0 aliphatic rings. The first-order valence-corrected chi connectivity index (χ1v) is 8.48. The summed E-state index contributed by atoms with van der Waals surface area (Å²) in [5, 5.41) is 14.2. The van der Waals surface area contributed by atoms with Gasteiger partial charge in [-0.15, -0.1) is 0 Å². The fourth-order valence-electron chi connectivity index (χ4n) is 3.01. The lowest BCUT2D eigenvalue weighted by Crippen LogP contribution is -2.09. The first-order valence-electron chi connectivity index (χ1n) is 8.48. The van der Waals surface area contributed by atoms with Crippen LogP contribution in [0.15, 0.2) is 54.6 Å². The van der Waals surface area contributed by atoms with E-state index in [4.69, 9.17) is 5.73 Å². The second-order valence-corrected chi connectivity index (χ2v) is 6.65. The predicted molar refractivity (Wildman–Crippen MR) is 101 cm³/mol. The fraction of sp³-hybridized carbons (Fsp3) is 0.238. The molecule has 0 unspecified atom stereocenters. The van der Waals surface area contributed by atoms with Crippen molar-refractivity contribution in [1.82, 2.24) is 9.78 Å². The van der Waals surface area contributed by atoms with Gasteiger partial charge in [-0.1, -0.05) is 56.3 Å². The molecule has 2 aromatic carbocycles. The molecule has 25 heavy (non-hydrogen) atoms. The number of nitrogen functional groups attached to an aromatic ring is 1. The quantitative estimate of drug-likeness (QED) is 0.711. The van der Waals surface area contributed by atoms with Crippen LogP contribution in [0.3, 0.4) is 0 Å². The van der Waals surface area contributed by atoms with Crippen molar-refractivity contribution < 1.29 is 0 Å². The number of anilines is 1. The van der Waals surface area contributed by atoms with E-state index in [1.807, 2.05) is 47.1 Å². The van der Waals surface area contributed by atoms with E-state index in [0.29, 0.717) is 23.8 Å². The van der Waals surface area contributed by atoms with Gasteiger partial charge in [0, 0.05) is 16.9 Å². The summed E-state index contributed by atoms with van der Waals surface area (Å²) in [6, 6.07) is 20.1. The second kappa shape index (κ2) is 7.23. The summed E-state index contributed by atoms with van der Waals surface area (Å²) in [7, 11) is 0. The average molecular weight is 330 g/mol. The van der Waals surface area contributed by atoms with Crippen LogP contribution >= 0.6 is 0 Å². The molecule has 0 amide bonds. The van der Waals surface area contributed by atoms with Gasteiger partial charge < -0.3 is 5.73 Å². The summed E-state index contributed by atoms with van der Waals surface area (Å²) < 4.78 is 1.97. The molecule has 4 nitrogen and oxygen atoms in total. The van der Waals surface area contributed by atoms with Crippen LogP contribution in [0.25, 0.3) is 11.1 Å². The zero-order chi connectivity index (χ0) is 17.8. The number of nitrogens with zero attached hydrogens (tertiary/aromatic N) is 3. The van der Waals surface area contributed by atoms with Crippen LogP contribution < -0.4 is 5.73 Å². The van der Waals surface area contributed by atoms with Gasteiger partial charge in [0.15, 0.2) is 5.69 Å². The SMILES string of the molecule is CC(C)Cc1c(-c2ccc(N)cc2)c(C#N)nn1Cc1ccccc1. The Morgan fingerprint density at radius 1 is 1.08 bits per heavy atom. The summed E-state index contributed by atoms with van der Waals surface area (Å²) in [4.78, 5) is 0. The molecule has 3 rings (SSSR count). The van der Waals surface area contributed by atoms with Crippen molar-refractivity contribution in [1.29, 1.82) is 5.26 Å². The number of hydrogen-bond acceptors (Lipinski definition) is 3. The highest BCUT2D eigenvalue weighted by atomic mass is 15.3. The van der Waals surface area contributed by atoms with Gasteiger partial charge in [-0.25, -0.2) is 0 Å². The number of rotatable bonds is 5. The van der Waals surface area contributed by atoms with Gasteiger partial charge in [0.2, 0.25) is 0 Å². The largest absolute Gasteiger partial charge is 0.399 e. The van der Waals surface area contributed by atoms with Crippen molar-refractivity contribution in [3.05, 3.63) is 71.5 Å². The van der Waals surface area contributed by atoms with Crippen LogP contribution in [0.5, 0.6) is 0 Å². The zero-order valence-electron chi connectivity index (χ0n) is 14.6. The fourth-order valence-corrected chi connectivity index (χ4v) is 3.01. The number of hydrogen-bond donors (Lipinski definition) is 1. The minimum Gasteiger partial charge on any atom is -0.399 e. The number of nitriles is 1. The summed E-state index contributed by atoms with van der Waals surface area (Å²) in [6.45, 7) is 5.02. The maximum atomic E-state index is 9.62. The molecular weight excluding hydrogens is 308 g/mol. The highest BCUT2D eigenvalue weighted by molar-refractivity contribution is 5.73. The normalized spacial score (nSPS) is 10.8. The average Bonchev–Trinajstić information content (AvgIpc) is 2.93. The summed E-state index contributed by atoms with van der Waals surface area (Å²) in [6.07, 6.45) is 0.862. The van der Waals surface area contributed by atoms with E-state index in [1.165, 1.54) is 5.56 Å². The molecule has 0 atom stereocenters. The third-order valence-corrected chi connectivity index (χ3v) is 4.14. The first-order chi connectivity index (χ1) is 12.1. The highest BCUT2D eigenvalue weighted by Crippen LogP contribution is 2.30. The Morgan fingerprint density at radius 3 is 2.36 bits per heavy atom. The molecule has 0 aliphatic heterocycles. The molecule has 2 N–H and O–H groups in total. The lowest BCUT2D eigenvalue weighted by Gasteiger charge is -2.12. The second-order valence-electron chi connectivity index (χ2n) is 6.65. The van der Waals surface area contributed by atoms with E-state index < -0.39 is 0 Å². The molecule has 0 radical (unpaired) electrons. The van der Waals surface area contributed by atoms with E-state index in [9.17, 15) is 5.26 Å². The predicted octanol–water partition coefficient (Wildman–Crippen LogP) is 4.25. The molecule has 4 heteroatoms. The van der Waals surface area contributed by atoms with Crippen LogP contribution in [-0.2, 0) is 13.0 Å². The molecule has 0 aliphatic carbocycles. The minimum atomic E-state index is 0.463. The van der Waals surface area contributed by atoms with E-state index >= 15 is 0 Å². The van der Waals surface area contributed by atoms with Gasteiger partial charge in [0.1, 0.15) is 6.07 Å². The lowest BCUT2D eigenvalue weighted by molar-refractivity contribution is 0.573. The Labute approximate surface area is 148 Å². The van der Waals surface area contributed by atoms with E-state index in [1.54, 1.807) is 0 Å². The van der Waals surface area contributed by atoms with E-state index in [-0.39, 0.29) is 0 Å². The van der Waals surface area contributed by atoms with Gasteiger partial charge in [-0.2, -0.15) is 10.4 Å². The van der Waals surface area contributed by atoms with Crippen LogP contribution in [0.4, 0.5) is 5.69 Å². The number of aromatic nitrogens is 2. The molecular formula is C21H22N4. The Bertz CT molecular complexity index is 884. The zero-order valence-corrected chi connectivity index (χ0v) is 14.6. The van der Waals surface area contributed by atoms with Gasteiger partial charge in [-0.3, -0.25) is 4.68 Å². The van der Waals surface area contributed by atoms with E-state index in [2.05, 4.69) is 37.1 Å². The van der Waals surface area contributed by atoms with Crippen molar-refractivity contribution in [3.63, 3.8) is 0 Å². The summed E-state index contributed by atoms with van der Waals surface area (Å²) in [5.74, 6) is 0.463. The van der Waals surface area contributed by atoms with Crippen LogP contribution in [-0.4, -0.2) is 9.78 Å². The molecule has 1 heterocycles. The Balaban J connectivity index is 2.12. The molecule has 0 bridgehead atoms. The topological polar surface area (TPSA) is 67.6 Å². The Hall–Kier alpha value is -3.06. The standard InChI is InChI=1S/C21H22N4/c1-15(2)12-20-21(17-8-10-18(23)11-9-17)19(13-22)24-25(20)14-16-6-4-3-5-7-16/h3-11,15H,12,14,23H2,1-2H3. The van der Waals surface area contributed by atoms with Gasteiger partial charge in [-0.05, 0) is 35.6 Å². The molecule has 126 valence electrons. The lowest BCUT2D eigenvalue weighted by atomic mass is 9.97. The highest BCUT2D eigenvalue weighted by Gasteiger charge is 2.20. The Morgan fingerprint density at radius 2 is 1.76 bits per heavy atom. The van der Waals surface area contributed by atoms with Gasteiger partial charge in [0.05, 0.1) is 6.54 Å². The van der Waals surface area contributed by atoms with Crippen molar-refractivity contribution in [2.75, 3.05) is 5.73 Å². The third kappa shape index (κ3) is 3.72. The maximum Gasteiger partial charge on any atom is 0.170 e. The first kappa shape index (κ1) is 16.8. The molecule has 0 saturated heterocycles. The molecule has 3 aromatic rings. The van der Waals surface area contributed by atoms with Gasteiger partial charge >= 0.3 is 0 Å². The third-order valence-electron chi connectivity index (χ3n) is 4.14.